The second-order valence-electron chi connectivity index (χ2n) is 8.54. The number of aromatic nitrogens is 2. The van der Waals surface area contributed by atoms with E-state index in [0.29, 0.717) is 30.8 Å². The van der Waals surface area contributed by atoms with Gasteiger partial charge in [0.2, 0.25) is 15.9 Å². The van der Waals surface area contributed by atoms with Crippen LogP contribution in [0.15, 0.2) is 53.4 Å². The number of primary sulfonamides is 1. The summed E-state index contributed by atoms with van der Waals surface area (Å²) in [7, 11) is -3.80. The van der Waals surface area contributed by atoms with Crippen LogP contribution in [0.3, 0.4) is 0 Å². The number of nitrogens with two attached hydrogens (primary N) is 1. The molecule has 0 aliphatic rings. The largest absolute Gasteiger partial charge is 0.380 e. The predicted octanol–water partition coefficient (Wildman–Crippen LogP) is 3.28. The zero-order valence-electron chi connectivity index (χ0n) is 19.4. The Labute approximate surface area is 195 Å². The van der Waals surface area contributed by atoms with Crippen molar-refractivity contribution in [3.8, 4) is 0 Å². The monoisotopic (exact) mass is 471 g/mol. The lowest BCUT2D eigenvalue weighted by Crippen LogP contribution is -2.39. The fourth-order valence-corrected chi connectivity index (χ4v) is 4.27. The minimum Gasteiger partial charge on any atom is -0.380 e. The zero-order valence-corrected chi connectivity index (χ0v) is 20.2. The van der Waals surface area contributed by atoms with Gasteiger partial charge in [0.15, 0.2) is 0 Å². The molecule has 1 heterocycles. The number of benzene rings is 2. The van der Waals surface area contributed by atoms with E-state index >= 15 is 0 Å². The summed E-state index contributed by atoms with van der Waals surface area (Å²) in [4.78, 5) is 17.2. The molecule has 33 heavy (non-hydrogen) atoms. The molecular weight excluding hydrogens is 438 g/mol. The molecule has 1 atom stereocenters. The first kappa shape index (κ1) is 24.7. The summed E-state index contributed by atoms with van der Waals surface area (Å²) in [5.41, 5.74) is 2.43. The van der Waals surface area contributed by atoms with Crippen LogP contribution in [0.5, 0.6) is 0 Å². The highest BCUT2D eigenvalue weighted by Gasteiger charge is 2.17. The van der Waals surface area contributed by atoms with Crippen LogP contribution in [-0.2, 0) is 27.8 Å². The van der Waals surface area contributed by atoms with Crippen molar-refractivity contribution >= 4 is 32.7 Å². The van der Waals surface area contributed by atoms with E-state index < -0.39 is 10.0 Å². The molecule has 0 radical (unpaired) electrons. The summed E-state index contributed by atoms with van der Waals surface area (Å²) in [6, 6.07) is 14.8. The first-order valence-corrected chi connectivity index (χ1v) is 12.8. The van der Waals surface area contributed by atoms with E-state index in [4.69, 9.17) is 5.14 Å². The number of anilines is 1. The van der Waals surface area contributed by atoms with Gasteiger partial charge in [-0.3, -0.25) is 4.79 Å². The number of imidazole rings is 1. The molecule has 4 N–H and O–H groups in total. The van der Waals surface area contributed by atoms with E-state index in [2.05, 4.69) is 36.4 Å². The third kappa shape index (κ3) is 6.55. The Hall–Kier alpha value is -2.91. The van der Waals surface area contributed by atoms with Gasteiger partial charge >= 0.3 is 0 Å². The van der Waals surface area contributed by atoms with Crippen LogP contribution in [0.4, 0.5) is 5.69 Å². The van der Waals surface area contributed by atoms with Crippen molar-refractivity contribution in [3.63, 3.8) is 0 Å². The topological polar surface area (TPSA) is 119 Å². The molecule has 0 aliphatic heterocycles. The van der Waals surface area contributed by atoms with Crippen LogP contribution in [0, 0.1) is 5.92 Å². The van der Waals surface area contributed by atoms with Gasteiger partial charge in [-0.25, -0.2) is 18.5 Å². The maximum Gasteiger partial charge on any atom is 0.238 e. The molecule has 0 saturated carbocycles. The normalized spacial score (nSPS) is 12.8. The minimum atomic E-state index is -3.80. The second-order valence-corrected chi connectivity index (χ2v) is 10.1. The highest BCUT2D eigenvalue weighted by molar-refractivity contribution is 7.89. The Balaban J connectivity index is 1.66. The van der Waals surface area contributed by atoms with Gasteiger partial charge in [0.05, 0.1) is 15.9 Å². The molecule has 1 amide bonds. The predicted molar refractivity (Wildman–Crippen MR) is 131 cm³/mol. The Kier molecular flexibility index (Phi) is 8.10. The van der Waals surface area contributed by atoms with E-state index in [1.807, 2.05) is 34.9 Å². The van der Waals surface area contributed by atoms with E-state index in [9.17, 15) is 13.2 Å². The molecule has 3 aromatic rings. The van der Waals surface area contributed by atoms with Gasteiger partial charge in [-0.1, -0.05) is 39.0 Å². The first-order valence-electron chi connectivity index (χ1n) is 11.3. The zero-order chi connectivity index (χ0) is 24.0. The number of carbonyl (C=O) groups is 1. The van der Waals surface area contributed by atoms with Crippen molar-refractivity contribution in [1.82, 2.24) is 14.9 Å². The summed E-state index contributed by atoms with van der Waals surface area (Å²) < 4.78 is 25.4. The third-order valence-corrected chi connectivity index (χ3v) is 6.51. The van der Waals surface area contributed by atoms with Gasteiger partial charge in [-0.2, -0.15) is 0 Å². The molecule has 3 rings (SSSR count). The van der Waals surface area contributed by atoms with E-state index in [1.54, 1.807) is 6.07 Å². The molecule has 0 fully saturated rings. The van der Waals surface area contributed by atoms with Gasteiger partial charge in [0.1, 0.15) is 5.82 Å². The number of nitrogens with zero attached hydrogens (tertiary/aromatic N) is 2. The Morgan fingerprint density at radius 1 is 1.15 bits per heavy atom. The van der Waals surface area contributed by atoms with Crippen LogP contribution in [0.25, 0.3) is 11.0 Å². The Bertz CT molecular complexity index is 1190. The van der Waals surface area contributed by atoms with Crippen molar-refractivity contribution in [3.05, 3.63) is 54.4 Å². The molecule has 1 aromatic heterocycles. The maximum absolute atomic E-state index is 12.6. The van der Waals surface area contributed by atoms with Gasteiger partial charge < -0.3 is 15.2 Å². The molecule has 178 valence electrons. The number of para-hydroxylation sites is 1. The summed E-state index contributed by atoms with van der Waals surface area (Å²) in [6.07, 6.45) is 1.65. The number of rotatable bonds is 11. The number of hydrogen-bond donors (Lipinski definition) is 3. The number of fused-ring (bicyclic) bond motifs is 1. The van der Waals surface area contributed by atoms with Gasteiger partial charge in [-0.15, -0.1) is 0 Å². The van der Waals surface area contributed by atoms with Crippen molar-refractivity contribution in [2.75, 3.05) is 11.9 Å². The van der Waals surface area contributed by atoms with E-state index in [0.717, 1.165) is 30.0 Å². The summed E-state index contributed by atoms with van der Waals surface area (Å²) in [5, 5.41) is 11.8. The van der Waals surface area contributed by atoms with Gasteiger partial charge in [-0.05, 0) is 42.7 Å². The quantitative estimate of drug-likeness (QED) is 0.396. The van der Waals surface area contributed by atoms with Crippen LogP contribution in [0.2, 0.25) is 0 Å². The number of sulfonamides is 1. The lowest BCUT2D eigenvalue weighted by Gasteiger charge is -2.24. The Morgan fingerprint density at radius 3 is 2.52 bits per heavy atom. The standard InChI is InChI=1S/C24H33N5O3S/c1-4-14-29-22-11-10-19(33(25,31)32)15-20(22)28-23(29)12-13-24(30)26-16-21(17(2)3)27-18-8-6-5-7-9-18/h5-11,15,17,21,27H,4,12-14,16H2,1-3H3,(H,26,30)(H2,25,31,32). The number of amides is 1. The highest BCUT2D eigenvalue weighted by Crippen LogP contribution is 2.21. The fraction of sp³-hybridized carbons (Fsp3) is 0.417. The van der Waals surface area contributed by atoms with Crippen molar-refractivity contribution < 1.29 is 13.2 Å². The third-order valence-electron chi connectivity index (χ3n) is 5.60. The van der Waals surface area contributed by atoms with Gasteiger partial charge in [0.25, 0.3) is 0 Å². The average molecular weight is 472 g/mol. The summed E-state index contributed by atoms with van der Waals surface area (Å²) >= 11 is 0. The van der Waals surface area contributed by atoms with Crippen LogP contribution < -0.4 is 15.8 Å². The number of carbonyl (C=O) groups excluding carboxylic acids is 1. The molecule has 0 aliphatic carbocycles. The molecule has 2 aromatic carbocycles. The molecule has 0 saturated heterocycles. The summed E-state index contributed by atoms with van der Waals surface area (Å²) in [6.45, 7) is 7.56. The molecule has 1 unspecified atom stereocenters. The van der Waals surface area contributed by atoms with Crippen LogP contribution >= 0.6 is 0 Å². The highest BCUT2D eigenvalue weighted by atomic mass is 32.2. The lowest BCUT2D eigenvalue weighted by molar-refractivity contribution is -0.121. The molecule has 8 nitrogen and oxygen atoms in total. The smallest absolute Gasteiger partial charge is 0.238 e. The van der Waals surface area contributed by atoms with Crippen molar-refractivity contribution in [2.24, 2.45) is 11.1 Å². The van der Waals surface area contributed by atoms with Gasteiger partial charge in [0, 0.05) is 37.7 Å². The SMILES string of the molecule is CCCn1c(CCC(=O)NCC(Nc2ccccc2)C(C)C)nc2cc(S(N)(=O)=O)ccc21. The molecule has 0 spiro atoms. The maximum atomic E-state index is 12.6. The summed E-state index contributed by atoms with van der Waals surface area (Å²) in [5.74, 6) is 1.06. The number of aryl methyl sites for hydroxylation is 2. The molecule has 0 bridgehead atoms. The van der Waals surface area contributed by atoms with E-state index in [-0.39, 0.29) is 16.8 Å². The fourth-order valence-electron chi connectivity index (χ4n) is 3.74. The number of nitrogens with one attached hydrogen (secondary N) is 2. The first-order chi connectivity index (χ1) is 15.7. The van der Waals surface area contributed by atoms with Crippen LogP contribution in [0.1, 0.15) is 39.4 Å². The Morgan fingerprint density at radius 2 is 1.88 bits per heavy atom. The van der Waals surface area contributed by atoms with Crippen LogP contribution in [-0.4, -0.2) is 36.5 Å². The van der Waals surface area contributed by atoms with E-state index in [1.165, 1.54) is 12.1 Å². The van der Waals surface area contributed by atoms with Crippen molar-refractivity contribution in [2.45, 2.75) is 57.5 Å². The lowest BCUT2D eigenvalue weighted by atomic mass is 10.0. The molecular formula is C24H33N5O3S. The molecule has 9 heteroatoms. The van der Waals surface area contributed by atoms with Crippen molar-refractivity contribution in [1.29, 1.82) is 0 Å². The second kappa shape index (κ2) is 10.8. The average Bonchev–Trinajstić information content (AvgIpc) is 3.12. The number of hydrogen-bond acceptors (Lipinski definition) is 5. The minimum absolute atomic E-state index is 0.0334.